The number of thiophene rings is 1. The molecule has 5 aliphatic rings. The van der Waals surface area contributed by atoms with Gasteiger partial charge in [-0.15, -0.1) is 11.3 Å². The van der Waals surface area contributed by atoms with Gasteiger partial charge in [0.05, 0.1) is 6.04 Å². The summed E-state index contributed by atoms with van der Waals surface area (Å²) >= 11 is 1.95. The lowest BCUT2D eigenvalue weighted by Crippen LogP contribution is -2.45. The van der Waals surface area contributed by atoms with E-state index in [0.717, 1.165) is 12.8 Å². The summed E-state index contributed by atoms with van der Waals surface area (Å²) in [6, 6.07) is 37.4. The SMILES string of the molecule is C1=CC2=c3c(sc4ccc(N(c5ccccc5)c5ccc(C6CCCCC6)cc5)cc34)=CC(N(C3=CCCC=C3)c3ccc(C4CCCCC4)cc3)C2C=C1. The molecule has 0 radical (unpaired) electrons. The molecule has 55 heavy (non-hydrogen) atoms. The monoisotopic (exact) mass is 736 g/mol. The van der Waals surface area contributed by atoms with E-state index in [1.807, 2.05) is 11.3 Å². The molecule has 3 heteroatoms. The molecule has 0 amide bonds. The summed E-state index contributed by atoms with van der Waals surface area (Å²) in [4.78, 5) is 5.09. The van der Waals surface area contributed by atoms with Crippen LogP contribution in [0.4, 0.5) is 22.7 Å². The molecule has 4 aromatic carbocycles. The van der Waals surface area contributed by atoms with Crippen molar-refractivity contribution >= 4 is 55.8 Å². The molecular formula is C52H52N2S. The zero-order chi connectivity index (χ0) is 36.6. The smallest absolute Gasteiger partial charge is 0.0642 e. The van der Waals surface area contributed by atoms with Gasteiger partial charge in [-0.2, -0.15) is 0 Å². The van der Waals surface area contributed by atoms with E-state index < -0.39 is 0 Å². The second-order valence-electron chi connectivity index (χ2n) is 16.4. The molecule has 10 rings (SSSR count). The zero-order valence-electron chi connectivity index (χ0n) is 32.0. The van der Waals surface area contributed by atoms with Crippen molar-refractivity contribution in [1.29, 1.82) is 0 Å². The van der Waals surface area contributed by atoms with Crippen LogP contribution < -0.4 is 19.6 Å². The minimum Gasteiger partial charge on any atom is -0.334 e. The number of nitrogens with zero attached hydrogens (tertiary/aromatic N) is 2. The molecule has 5 aromatic rings. The average Bonchev–Trinajstić information content (AvgIpc) is 3.64. The van der Waals surface area contributed by atoms with E-state index in [1.54, 1.807) is 0 Å². The van der Waals surface area contributed by atoms with Gasteiger partial charge in [0.2, 0.25) is 0 Å². The Balaban J connectivity index is 1.07. The van der Waals surface area contributed by atoms with E-state index in [0.29, 0.717) is 11.8 Å². The average molecular weight is 737 g/mol. The van der Waals surface area contributed by atoms with E-state index in [9.17, 15) is 0 Å². The minimum absolute atomic E-state index is 0.175. The zero-order valence-corrected chi connectivity index (χ0v) is 32.8. The first-order chi connectivity index (χ1) is 27.3. The van der Waals surface area contributed by atoms with Gasteiger partial charge in [0.25, 0.3) is 0 Å². The van der Waals surface area contributed by atoms with Crippen molar-refractivity contribution in [3.05, 3.63) is 166 Å². The molecule has 2 saturated carbocycles. The number of hydrogen-bond acceptors (Lipinski definition) is 3. The molecule has 276 valence electrons. The Morgan fingerprint density at radius 2 is 1.24 bits per heavy atom. The highest BCUT2D eigenvalue weighted by Crippen LogP contribution is 2.41. The number of anilines is 4. The molecule has 1 heterocycles. The third-order valence-electron chi connectivity index (χ3n) is 13.0. The van der Waals surface area contributed by atoms with Crippen LogP contribution in [0.25, 0.3) is 21.7 Å². The second kappa shape index (κ2) is 15.3. The molecule has 1 aromatic heterocycles. The Hall–Kier alpha value is -4.86. The van der Waals surface area contributed by atoms with Crippen LogP contribution in [0.5, 0.6) is 0 Å². The summed E-state index contributed by atoms with van der Waals surface area (Å²) in [6.45, 7) is 0. The van der Waals surface area contributed by atoms with Crippen molar-refractivity contribution in [3.63, 3.8) is 0 Å². The fraction of sp³-hybridized carbons (Fsp3) is 0.308. The second-order valence-corrected chi connectivity index (χ2v) is 17.5. The quantitative estimate of drug-likeness (QED) is 0.156. The molecule has 0 bridgehead atoms. The van der Waals surface area contributed by atoms with Crippen LogP contribution >= 0.6 is 11.3 Å². The predicted octanol–water partition coefficient (Wildman–Crippen LogP) is 13.3. The third kappa shape index (κ3) is 6.76. The molecule has 5 aliphatic carbocycles. The summed E-state index contributed by atoms with van der Waals surface area (Å²) in [5.74, 6) is 1.65. The largest absolute Gasteiger partial charge is 0.334 e. The van der Waals surface area contributed by atoms with Crippen LogP contribution in [-0.4, -0.2) is 6.04 Å². The first kappa shape index (κ1) is 34.6. The predicted molar refractivity (Wildman–Crippen MR) is 236 cm³/mol. The van der Waals surface area contributed by atoms with Gasteiger partial charge >= 0.3 is 0 Å². The first-order valence-corrected chi connectivity index (χ1v) is 21.9. The Morgan fingerprint density at radius 1 is 0.582 bits per heavy atom. The summed E-state index contributed by atoms with van der Waals surface area (Å²) in [7, 11) is 0. The van der Waals surface area contributed by atoms with Gasteiger partial charge in [-0.05, 0) is 134 Å². The van der Waals surface area contributed by atoms with Gasteiger partial charge in [-0.25, -0.2) is 0 Å². The van der Waals surface area contributed by atoms with Crippen LogP contribution in [0.1, 0.15) is 100 Å². The topological polar surface area (TPSA) is 6.48 Å². The van der Waals surface area contributed by atoms with Crippen LogP contribution in [0, 0.1) is 5.92 Å². The van der Waals surface area contributed by atoms with Crippen LogP contribution in [0.2, 0.25) is 0 Å². The van der Waals surface area contributed by atoms with Crippen LogP contribution in [0.3, 0.4) is 0 Å². The van der Waals surface area contributed by atoms with Crippen molar-refractivity contribution in [2.45, 2.75) is 94.9 Å². The first-order valence-electron chi connectivity index (χ1n) is 21.1. The van der Waals surface area contributed by atoms with Gasteiger partial charge in [0.15, 0.2) is 0 Å². The number of para-hydroxylation sites is 1. The molecule has 2 unspecified atom stereocenters. The van der Waals surface area contributed by atoms with Crippen LogP contribution in [0.15, 0.2) is 145 Å². The fourth-order valence-electron chi connectivity index (χ4n) is 10.2. The Labute approximate surface area is 331 Å². The van der Waals surface area contributed by atoms with Crippen LogP contribution in [-0.2, 0) is 0 Å². The molecule has 0 spiro atoms. The van der Waals surface area contributed by atoms with Gasteiger partial charge < -0.3 is 9.80 Å². The van der Waals surface area contributed by atoms with Gasteiger partial charge in [-0.1, -0.05) is 117 Å². The van der Waals surface area contributed by atoms with Crippen molar-refractivity contribution < 1.29 is 0 Å². The maximum Gasteiger partial charge on any atom is 0.0642 e. The standard InChI is InChI=1S/C52H52N2S/c1-5-15-37(16-6-1)39-25-29-43(30-26-39)53(41-19-9-3-10-20-41)45-33-34-50-48(35-45)52-47-24-14-13-23-46(47)49(36-51(52)55-50)54(42-21-11-4-12-22-42)44-31-27-40(28-32-44)38-17-7-2-8-18-38/h3,9-11,13-14,19-38,46,49H,1-2,4-8,12,15-18H2. The highest BCUT2D eigenvalue weighted by Gasteiger charge is 2.33. The number of benzene rings is 4. The summed E-state index contributed by atoms with van der Waals surface area (Å²) < 4.78 is 2.73. The Bertz CT molecular complexity index is 2400. The Morgan fingerprint density at radius 3 is 1.91 bits per heavy atom. The molecule has 0 N–H and O–H groups in total. The van der Waals surface area contributed by atoms with E-state index in [4.69, 9.17) is 0 Å². The van der Waals surface area contributed by atoms with Gasteiger partial charge in [0, 0.05) is 54.2 Å². The normalized spacial score (nSPS) is 21.2. The molecule has 2 atom stereocenters. The number of hydrogen-bond donors (Lipinski definition) is 0. The molecule has 0 aliphatic heterocycles. The number of allylic oxidation sites excluding steroid dienone is 6. The Kier molecular flexibility index (Phi) is 9.66. The van der Waals surface area contributed by atoms with Gasteiger partial charge in [0.1, 0.15) is 0 Å². The van der Waals surface area contributed by atoms with E-state index in [-0.39, 0.29) is 12.0 Å². The van der Waals surface area contributed by atoms with E-state index >= 15 is 0 Å². The highest BCUT2D eigenvalue weighted by atomic mass is 32.1. The number of rotatable bonds is 8. The van der Waals surface area contributed by atoms with Gasteiger partial charge in [-0.3, -0.25) is 0 Å². The lowest BCUT2D eigenvalue weighted by molar-refractivity contribution is 0.443. The molecular weight excluding hydrogens is 685 g/mol. The number of fused-ring (bicyclic) bond motifs is 4. The molecule has 0 saturated heterocycles. The lowest BCUT2D eigenvalue weighted by Gasteiger charge is -2.40. The van der Waals surface area contributed by atoms with Crippen molar-refractivity contribution in [2.24, 2.45) is 5.92 Å². The summed E-state index contributed by atoms with van der Waals surface area (Å²) in [6.07, 6.45) is 34.9. The maximum atomic E-state index is 2.64. The highest BCUT2D eigenvalue weighted by molar-refractivity contribution is 7.17. The summed E-state index contributed by atoms with van der Waals surface area (Å²) in [5.41, 5.74) is 10.7. The fourth-order valence-corrected chi connectivity index (χ4v) is 11.4. The van der Waals surface area contributed by atoms with E-state index in [1.165, 1.54) is 129 Å². The third-order valence-corrected chi connectivity index (χ3v) is 14.2. The maximum absolute atomic E-state index is 2.64. The minimum atomic E-state index is 0.175. The lowest BCUT2D eigenvalue weighted by atomic mass is 9.81. The van der Waals surface area contributed by atoms with Crippen molar-refractivity contribution in [1.82, 2.24) is 0 Å². The molecule has 2 nitrogen and oxygen atoms in total. The van der Waals surface area contributed by atoms with Crippen molar-refractivity contribution in [2.75, 3.05) is 9.80 Å². The van der Waals surface area contributed by atoms with Crippen molar-refractivity contribution in [3.8, 4) is 0 Å². The molecule has 2 fully saturated rings. The summed E-state index contributed by atoms with van der Waals surface area (Å²) in [5, 5.41) is 2.76. The van der Waals surface area contributed by atoms with E-state index in [2.05, 4.69) is 155 Å².